The topological polar surface area (TPSA) is 78.4 Å². The van der Waals surface area contributed by atoms with Gasteiger partial charge in [0.1, 0.15) is 0 Å². The summed E-state index contributed by atoms with van der Waals surface area (Å²) < 4.78 is 0. The Kier molecular flexibility index (Phi) is 5.51. The van der Waals surface area contributed by atoms with Gasteiger partial charge < -0.3 is 15.7 Å². The zero-order valence-electron chi connectivity index (χ0n) is 11.8. The maximum atomic E-state index is 12.0. The largest absolute Gasteiger partial charge is 0.478 e. The van der Waals surface area contributed by atoms with Crippen LogP contribution in [0.3, 0.4) is 0 Å². The first-order valence-electron chi connectivity index (χ1n) is 7.15. The van der Waals surface area contributed by atoms with Crippen LogP contribution in [0.4, 0.5) is 5.69 Å². The average molecular weight is 288 g/mol. The van der Waals surface area contributed by atoms with Crippen molar-refractivity contribution in [3.8, 4) is 0 Å². The van der Waals surface area contributed by atoms with Crippen LogP contribution in [-0.2, 0) is 9.59 Å². The number of hydrogen-bond donors (Lipinski definition) is 3. The zero-order valence-corrected chi connectivity index (χ0v) is 11.8. The summed E-state index contributed by atoms with van der Waals surface area (Å²) in [6.07, 6.45) is 5.36. The summed E-state index contributed by atoms with van der Waals surface area (Å²) in [6, 6.07) is 7.10. The number of nitrogens with one attached hydrogen (secondary N) is 2. The van der Waals surface area contributed by atoms with Gasteiger partial charge in [-0.2, -0.15) is 0 Å². The van der Waals surface area contributed by atoms with Crippen molar-refractivity contribution in [2.45, 2.75) is 19.3 Å². The molecule has 0 radical (unpaired) electrons. The van der Waals surface area contributed by atoms with Crippen LogP contribution in [0.5, 0.6) is 0 Å². The summed E-state index contributed by atoms with van der Waals surface area (Å²) in [4.78, 5) is 22.4. The van der Waals surface area contributed by atoms with Crippen LogP contribution < -0.4 is 10.6 Å². The number of anilines is 1. The van der Waals surface area contributed by atoms with Crippen molar-refractivity contribution in [3.05, 3.63) is 35.9 Å². The lowest BCUT2D eigenvalue weighted by atomic mass is 9.96. The van der Waals surface area contributed by atoms with Gasteiger partial charge in [-0.15, -0.1) is 0 Å². The predicted molar refractivity (Wildman–Crippen MR) is 82.0 cm³/mol. The molecule has 112 valence electrons. The van der Waals surface area contributed by atoms with E-state index in [2.05, 4.69) is 10.6 Å². The molecular weight excluding hydrogens is 268 g/mol. The van der Waals surface area contributed by atoms with Crippen LogP contribution in [-0.4, -0.2) is 30.1 Å². The van der Waals surface area contributed by atoms with Crippen LogP contribution in [0.25, 0.3) is 6.08 Å². The van der Waals surface area contributed by atoms with Crippen LogP contribution in [0.1, 0.15) is 24.8 Å². The van der Waals surface area contributed by atoms with Crippen LogP contribution in [0.2, 0.25) is 0 Å². The highest BCUT2D eigenvalue weighted by Gasteiger charge is 2.16. The summed E-state index contributed by atoms with van der Waals surface area (Å²) >= 11 is 0. The molecule has 21 heavy (non-hydrogen) atoms. The van der Waals surface area contributed by atoms with Crippen molar-refractivity contribution < 1.29 is 14.7 Å². The molecule has 0 bridgehead atoms. The number of aliphatic carboxylic acids is 1. The van der Waals surface area contributed by atoms with Gasteiger partial charge in [-0.05, 0) is 55.6 Å². The second kappa shape index (κ2) is 7.59. The Hall–Kier alpha value is -2.14. The van der Waals surface area contributed by atoms with Gasteiger partial charge >= 0.3 is 5.97 Å². The summed E-state index contributed by atoms with van der Waals surface area (Å²) in [5, 5.41) is 14.7. The molecule has 0 aliphatic carbocycles. The molecule has 5 nitrogen and oxygen atoms in total. The van der Waals surface area contributed by atoms with Gasteiger partial charge in [0.25, 0.3) is 0 Å². The van der Waals surface area contributed by atoms with Gasteiger partial charge in [0.15, 0.2) is 0 Å². The van der Waals surface area contributed by atoms with E-state index in [-0.39, 0.29) is 5.91 Å². The molecule has 0 spiro atoms. The number of amides is 1. The van der Waals surface area contributed by atoms with Crippen molar-refractivity contribution >= 4 is 23.6 Å². The van der Waals surface area contributed by atoms with E-state index in [4.69, 9.17) is 5.11 Å². The van der Waals surface area contributed by atoms with Gasteiger partial charge in [-0.25, -0.2) is 4.79 Å². The van der Waals surface area contributed by atoms with E-state index in [0.29, 0.717) is 12.3 Å². The molecule has 1 amide bonds. The maximum Gasteiger partial charge on any atom is 0.328 e. The Labute approximate surface area is 124 Å². The lowest BCUT2D eigenvalue weighted by molar-refractivity contribution is -0.131. The number of carbonyl (C=O) groups is 2. The number of rotatable bonds is 5. The molecule has 0 aromatic heterocycles. The van der Waals surface area contributed by atoms with Gasteiger partial charge in [0.05, 0.1) is 0 Å². The lowest BCUT2D eigenvalue weighted by Crippen LogP contribution is -2.32. The molecule has 1 aliphatic rings. The number of piperidine rings is 1. The number of hydrogen-bond acceptors (Lipinski definition) is 3. The highest BCUT2D eigenvalue weighted by Crippen LogP contribution is 2.16. The third kappa shape index (κ3) is 5.39. The fraction of sp³-hybridized carbons (Fsp3) is 0.375. The molecule has 5 heteroatoms. The Morgan fingerprint density at radius 1 is 1.33 bits per heavy atom. The molecule has 3 N–H and O–H groups in total. The minimum atomic E-state index is -0.978. The first kappa shape index (κ1) is 15.3. The summed E-state index contributed by atoms with van der Waals surface area (Å²) in [7, 11) is 0. The third-order valence-electron chi connectivity index (χ3n) is 3.49. The van der Waals surface area contributed by atoms with Crippen molar-refractivity contribution in [3.63, 3.8) is 0 Å². The predicted octanol–water partition coefficient (Wildman–Crippen LogP) is 2.11. The van der Waals surface area contributed by atoms with Crippen molar-refractivity contribution in [1.82, 2.24) is 5.32 Å². The van der Waals surface area contributed by atoms with Gasteiger partial charge in [0, 0.05) is 18.2 Å². The van der Waals surface area contributed by atoms with E-state index in [1.807, 2.05) is 0 Å². The SMILES string of the molecule is O=C(O)/C=C/c1ccc(NC(=O)CC2CCCNC2)cc1. The van der Waals surface area contributed by atoms with E-state index < -0.39 is 5.97 Å². The molecule has 1 aliphatic heterocycles. The molecule has 1 aromatic rings. The van der Waals surface area contributed by atoms with Gasteiger partial charge in [-0.1, -0.05) is 12.1 Å². The van der Waals surface area contributed by atoms with E-state index in [0.717, 1.165) is 43.3 Å². The Morgan fingerprint density at radius 2 is 2.10 bits per heavy atom. The minimum absolute atomic E-state index is 0.0255. The molecule has 1 heterocycles. The number of carbonyl (C=O) groups excluding carboxylic acids is 1. The minimum Gasteiger partial charge on any atom is -0.478 e. The molecule has 1 saturated heterocycles. The highest BCUT2D eigenvalue weighted by molar-refractivity contribution is 5.91. The summed E-state index contributed by atoms with van der Waals surface area (Å²) in [5.41, 5.74) is 1.52. The quantitative estimate of drug-likeness (QED) is 0.725. The molecular formula is C16H20N2O3. The first-order valence-corrected chi connectivity index (χ1v) is 7.15. The molecule has 1 unspecified atom stereocenters. The monoisotopic (exact) mass is 288 g/mol. The maximum absolute atomic E-state index is 12.0. The molecule has 1 fully saturated rings. The van der Waals surface area contributed by atoms with E-state index >= 15 is 0 Å². The van der Waals surface area contributed by atoms with Crippen LogP contribution in [0, 0.1) is 5.92 Å². The van der Waals surface area contributed by atoms with Crippen molar-refractivity contribution in [2.24, 2.45) is 5.92 Å². The van der Waals surface area contributed by atoms with Gasteiger partial charge in [-0.3, -0.25) is 4.79 Å². The molecule has 1 atom stereocenters. The number of carboxylic acid groups (broad SMARTS) is 1. The third-order valence-corrected chi connectivity index (χ3v) is 3.49. The van der Waals surface area contributed by atoms with Crippen LogP contribution >= 0.6 is 0 Å². The standard InChI is InChI=1S/C16H20N2O3/c19-15(10-13-2-1-9-17-11-13)18-14-6-3-12(4-7-14)5-8-16(20)21/h3-8,13,17H,1-2,9-11H2,(H,18,19)(H,20,21)/b8-5+. The normalized spacial score (nSPS) is 18.6. The average Bonchev–Trinajstić information content (AvgIpc) is 2.47. The smallest absolute Gasteiger partial charge is 0.328 e. The highest BCUT2D eigenvalue weighted by atomic mass is 16.4. The van der Waals surface area contributed by atoms with Gasteiger partial charge in [0.2, 0.25) is 5.91 Å². The summed E-state index contributed by atoms with van der Waals surface area (Å²) in [6.45, 7) is 1.95. The summed E-state index contributed by atoms with van der Waals surface area (Å²) in [5.74, 6) is -0.539. The second-order valence-corrected chi connectivity index (χ2v) is 5.26. The van der Waals surface area contributed by atoms with Crippen molar-refractivity contribution in [1.29, 1.82) is 0 Å². The van der Waals surface area contributed by atoms with Crippen molar-refractivity contribution in [2.75, 3.05) is 18.4 Å². The van der Waals surface area contributed by atoms with E-state index in [9.17, 15) is 9.59 Å². The Morgan fingerprint density at radius 3 is 2.71 bits per heavy atom. The molecule has 2 rings (SSSR count). The second-order valence-electron chi connectivity index (χ2n) is 5.26. The molecule has 1 aromatic carbocycles. The van der Waals surface area contributed by atoms with Crippen LogP contribution in [0.15, 0.2) is 30.3 Å². The zero-order chi connectivity index (χ0) is 15.1. The fourth-order valence-electron chi connectivity index (χ4n) is 2.42. The molecule has 0 saturated carbocycles. The fourth-order valence-corrected chi connectivity index (χ4v) is 2.42. The number of carboxylic acids is 1. The first-order chi connectivity index (χ1) is 10.1. The Balaban J connectivity index is 1.84. The van der Waals surface area contributed by atoms with E-state index in [1.165, 1.54) is 6.08 Å². The lowest BCUT2D eigenvalue weighted by Gasteiger charge is -2.22. The number of benzene rings is 1. The van der Waals surface area contributed by atoms with E-state index in [1.54, 1.807) is 24.3 Å². The Bertz CT molecular complexity index is 517.